The number of nitrogens with two attached hydrogens (primary N) is 1. The zero-order valence-corrected chi connectivity index (χ0v) is 15.8. The minimum atomic E-state index is -0.516. The SMILES string of the molecule is C[C@@H](N)[C@H]1CC[C@]2(O)[C@@H]3CC[C@@H]4C[C@@H](O)CC[C@]4(C)[C@H]3CC[C@]12C. The highest BCUT2D eigenvalue weighted by Crippen LogP contribution is 2.69. The van der Waals surface area contributed by atoms with Crippen LogP contribution in [0.4, 0.5) is 0 Å². The maximum Gasteiger partial charge on any atom is 0.0735 e. The summed E-state index contributed by atoms with van der Waals surface area (Å²) >= 11 is 0. The highest BCUT2D eigenvalue weighted by atomic mass is 16.3. The molecule has 4 rings (SSSR count). The summed E-state index contributed by atoms with van der Waals surface area (Å²) in [5, 5.41) is 22.1. The molecule has 0 aromatic rings. The Labute approximate surface area is 147 Å². The van der Waals surface area contributed by atoms with Crippen LogP contribution < -0.4 is 5.73 Å². The Morgan fingerprint density at radius 2 is 1.71 bits per heavy atom. The first kappa shape index (κ1) is 17.3. The first-order valence-electron chi connectivity index (χ1n) is 10.4. The van der Waals surface area contributed by atoms with Gasteiger partial charge in [0.05, 0.1) is 11.7 Å². The summed E-state index contributed by atoms with van der Waals surface area (Å²) < 4.78 is 0. The van der Waals surface area contributed by atoms with E-state index in [2.05, 4.69) is 20.8 Å². The van der Waals surface area contributed by atoms with E-state index in [1.165, 1.54) is 12.8 Å². The van der Waals surface area contributed by atoms with Gasteiger partial charge in [-0.25, -0.2) is 0 Å². The Hall–Kier alpha value is -0.120. The van der Waals surface area contributed by atoms with Crippen LogP contribution in [0.5, 0.6) is 0 Å². The molecular formula is C21H37NO2. The molecule has 0 spiro atoms. The molecule has 3 heteroatoms. The van der Waals surface area contributed by atoms with Crippen molar-refractivity contribution in [2.45, 2.75) is 96.3 Å². The number of hydrogen-bond acceptors (Lipinski definition) is 3. The van der Waals surface area contributed by atoms with E-state index >= 15 is 0 Å². The summed E-state index contributed by atoms with van der Waals surface area (Å²) in [6.07, 6.45) is 9.73. The first-order chi connectivity index (χ1) is 11.2. The first-order valence-corrected chi connectivity index (χ1v) is 10.4. The standard InChI is InChI=1S/C21H37NO2/c1-13(22)16-8-11-21(24)18-5-4-14-12-15(23)6-9-19(14,2)17(18)7-10-20(16,21)3/h13-18,23-24H,4-12,22H2,1-3H3/t13-,14-,15+,16-,17+,18-,19+,20-,21+/m1/s1. The van der Waals surface area contributed by atoms with Gasteiger partial charge in [0.15, 0.2) is 0 Å². The molecule has 0 aromatic heterocycles. The summed E-state index contributed by atoms with van der Waals surface area (Å²) in [6, 6.07) is 0.178. The van der Waals surface area contributed by atoms with Gasteiger partial charge in [-0.3, -0.25) is 0 Å². The Balaban J connectivity index is 1.66. The van der Waals surface area contributed by atoms with Gasteiger partial charge < -0.3 is 15.9 Å². The van der Waals surface area contributed by atoms with Gasteiger partial charge in [0.25, 0.3) is 0 Å². The van der Waals surface area contributed by atoms with Gasteiger partial charge in [0, 0.05) is 11.5 Å². The molecular weight excluding hydrogens is 298 g/mol. The summed E-state index contributed by atoms with van der Waals surface area (Å²) in [5.41, 5.74) is 6.13. The summed E-state index contributed by atoms with van der Waals surface area (Å²) in [5.74, 6) is 2.19. The van der Waals surface area contributed by atoms with Gasteiger partial charge in [-0.15, -0.1) is 0 Å². The molecule has 0 saturated heterocycles. The molecule has 138 valence electrons. The van der Waals surface area contributed by atoms with Crippen molar-refractivity contribution in [2.75, 3.05) is 0 Å². The van der Waals surface area contributed by atoms with Gasteiger partial charge >= 0.3 is 0 Å². The lowest BCUT2D eigenvalue weighted by Crippen LogP contribution is -2.63. The largest absolute Gasteiger partial charge is 0.393 e. The smallest absolute Gasteiger partial charge is 0.0735 e. The van der Waals surface area contributed by atoms with Gasteiger partial charge in [-0.2, -0.15) is 0 Å². The maximum absolute atomic E-state index is 11.9. The minimum Gasteiger partial charge on any atom is -0.393 e. The topological polar surface area (TPSA) is 66.5 Å². The number of rotatable bonds is 1. The summed E-state index contributed by atoms with van der Waals surface area (Å²) in [6.45, 7) is 6.95. The van der Waals surface area contributed by atoms with E-state index in [1.807, 2.05) is 0 Å². The fourth-order valence-corrected chi connectivity index (χ4v) is 8.09. The van der Waals surface area contributed by atoms with E-state index in [0.29, 0.717) is 29.1 Å². The zero-order valence-electron chi connectivity index (χ0n) is 15.8. The molecule has 24 heavy (non-hydrogen) atoms. The molecule has 4 saturated carbocycles. The second-order valence-corrected chi connectivity index (χ2v) is 10.3. The lowest BCUT2D eigenvalue weighted by Gasteiger charge is -2.63. The number of aliphatic hydroxyl groups is 2. The normalized spacial score (nSPS) is 58.5. The van der Waals surface area contributed by atoms with Crippen molar-refractivity contribution in [1.82, 2.24) is 0 Å². The van der Waals surface area contributed by atoms with Crippen LogP contribution in [0.2, 0.25) is 0 Å². The molecule has 0 aliphatic heterocycles. The molecule has 0 unspecified atom stereocenters. The minimum absolute atomic E-state index is 0.000287. The van der Waals surface area contributed by atoms with Crippen LogP contribution in [0, 0.1) is 34.5 Å². The van der Waals surface area contributed by atoms with Crippen molar-refractivity contribution in [3.8, 4) is 0 Å². The molecule has 0 amide bonds. The van der Waals surface area contributed by atoms with Crippen LogP contribution in [-0.2, 0) is 0 Å². The third-order valence-corrected chi connectivity index (χ3v) is 9.53. The van der Waals surface area contributed by atoms with Crippen LogP contribution in [0.1, 0.15) is 78.6 Å². The highest BCUT2D eigenvalue weighted by molar-refractivity contribution is 5.17. The van der Waals surface area contributed by atoms with Crippen LogP contribution in [0.25, 0.3) is 0 Å². The molecule has 4 aliphatic rings. The Morgan fingerprint density at radius 3 is 2.42 bits per heavy atom. The quantitative estimate of drug-likeness (QED) is 0.687. The van der Waals surface area contributed by atoms with Gasteiger partial charge in [0.1, 0.15) is 0 Å². The zero-order chi connectivity index (χ0) is 17.3. The summed E-state index contributed by atoms with van der Waals surface area (Å²) in [7, 11) is 0. The summed E-state index contributed by atoms with van der Waals surface area (Å²) in [4.78, 5) is 0. The van der Waals surface area contributed by atoms with Crippen molar-refractivity contribution in [2.24, 2.45) is 40.2 Å². The van der Waals surface area contributed by atoms with Crippen LogP contribution >= 0.6 is 0 Å². The Kier molecular flexibility index (Phi) is 3.92. The van der Waals surface area contributed by atoms with E-state index in [0.717, 1.165) is 44.9 Å². The van der Waals surface area contributed by atoms with E-state index < -0.39 is 5.60 Å². The van der Waals surface area contributed by atoms with E-state index in [-0.39, 0.29) is 17.6 Å². The maximum atomic E-state index is 11.9. The predicted molar refractivity (Wildman–Crippen MR) is 96.3 cm³/mol. The molecule has 9 atom stereocenters. The second kappa shape index (κ2) is 5.44. The fraction of sp³-hybridized carbons (Fsp3) is 1.00. The average molecular weight is 336 g/mol. The predicted octanol–water partition coefficient (Wildman–Crippen LogP) is 3.47. The third-order valence-electron chi connectivity index (χ3n) is 9.53. The average Bonchev–Trinajstić information content (AvgIpc) is 2.80. The number of aliphatic hydroxyl groups excluding tert-OH is 1. The Bertz CT molecular complexity index is 508. The van der Waals surface area contributed by atoms with Crippen molar-refractivity contribution in [3.05, 3.63) is 0 Å². The lowest BCUT2D eigenvalue weighted by molar-refractivity contribution is -0.211. The van der Waals surface area contributed by atoms with Crippen molar-refractivity contribution in [1.29, 1.82) is 0 Å². The van der Waals surface area contributed by atoms with Crippen LogP contribution in [0.15, 0.2) is 0 Å². The monoisotopic (exact) mass is 335 g/mol. The molecule has 0 bridgehead atoms. The number of fused-ring (bicyclic) bond motifs is 5. The number of hydrogen-bond donors (Lipinski definition) is 3. The van der Waals surface area contributed by atoms with Crippen LogP contribution in [0.3, 0.4) is 0 Å². The Morgan fingerprint density at radius 1 is 0.958 bits per heavy atom. The fourth-order valence-electron chi connectivity index (χ4n) is 8.09. The van der Waals surface area contributed by atoms with Crippen molar-refractivity contribution < 1.29 is 10.2 Å². The lowest BCUT2D eigenvalue weighted by atomic mass is 9.43. The molecule has 4 N–H and O–H groups in total. The molecule has 4 aliphatic carbocycles. The molecule has 0 radical (unpaired) electrons. The third kappa shape index (κ3) is 2.07. The van der Waals surface area contributed by atoms with Gasteiger partial charge in [0.2, 0.25) is 0 Å². The van der Waals surface area contributed by atoms with E-state index in [4.69, 9.17) is 5.73 Å². The second-order valence-electron chi connectivity index (χ2n) is 10.3. The van der Waals surface area contributed by atoms with E-state index in [9.17, 15) is 10.2 Å². The van der Waals surface area contributed by atoms with E-state index in [1.54, 1.807) is 0 Å². The molecule has 0 aromatic carbocycles. The van der Waals surface area contributed by atoms with Gasteiger partial charge in [-0.05, 0) is 93.8 Å². The van der Waals surface area contributed by atoms with Crippen molar-refractivity contribution >= 4 is 0 Å². The molecule has 4 fully saturated rings. The molecule has 0 heterocycles. The highest BCUT2D eigenvalue weighted by Gasteiger charge is 2.67. The molecule has 3 nitrogen and oxygen atoms in total. The van der Waals surface area contributed by atoms with Crippen molar-refractivity contribution in [3.63, 3.8) is 0 Å². The van der Waals surface area contributed by atoms with Crippen LogP contribution in [-0.4, -0.2) is 28.0 Å². The van der Waals surface area contributed by atoms with Gasteiger partial charge in [-0.1, -0.05) is 13.8 Å².